The minimum atomic E-state index is -0.639. The van der Waals surface area contributed by atoms with E-state index >= 15 is 0 Å². The third-order valence-corrected chi connectivity index (χ3v) is 4.88. The maximum Gasteiger partial charge on any atom is 0.259 e. The van der Waals surface area contributed by atoms with Crippen molar-refractivity contribution in [3.05, 3.63) is 50.6 Å². The molecule has 106 valence electrons. The highest BCUT2D eigenvalue weighted by Gasteiger charge is 2.24. The molecule has 1 N–H and O–H groups in total. The first-order valence-electron chi connectivity index (χ1n) is 6.41. The van der Waals surface area contributed by atoms with Crippen LogP contribution in [0.25, 0.3) is 0 Å². The van der Waals surface area contributed by atoms with Crippen molar-refractivity contribution >= 4 is 33.8 Å². The van der Waals surface area contributed by atoms with Gasteiger partial charge in [-0.15, -0.1) is 11.3 Å². The zero-order valence-electron chi connectivity index (χ0n) is 10.9. The third-order valence-electron chi connectivity index (χ3n) is 3.43. The van der Waals surface area contributed by atoms with Crippen LogP contribution in [0.3, 0.4) is 0 Å². The van der Waals surface area contributed by atoms with Crippen molar-refractivity contribution < 1.29 is 9.18 Å². The van der Waals surface area contributed by atoms with Gasteiger partial charge in [0.2, 0.25) is 0 Å². The fourth-order valence-electron chi connectivity index (χ4n) is 2.45. The topological polar surface area (TPSA) is 52.9 Å². The van der Waals surface area contributed by atoms with Crippen LogP contribution >= 0.6 is 22.9 Å². The number of anilines is 1. The Morgan fingerprint density at radius 2 is 2.24 bits per heavy atom. The summed E-state index contributed by atoms with van der Waals surface area (Å²) in [4.78, 5) is 13.3. The number of nitrogens with one attached hydrogen (secondary N) is 1. The number of thiophene rings is 1. The number of nitriles is 1. The minimum Gasteiger partial charge on any atom is -0.312 e. The van der Waals surface area contributed by atoms with Gasteiger partial charge in [-0.05, 0) is 43.0 Å². The van der Waals surface area contributed by atoms with Gasteiger partial charge in [-0.3, -0.25) is 4.79 Å². The highest BCUT2D eigenvalue weighted by Crippen LogP contribution is 2.38. The number of carbonyl (C=O) groups is 1. The maximum atomic E-state index is 13.7. The summed E-state index contributed by atoms with van der Waals surface area (Å²) in [5, 5.41) is 12.7. The minimum absolute atomic E-state index is 0.125. The van der Waals surface area contributed by atoms with Crippen molar-refractivity contribution in [1.82, 2.24) is 0 Å². The van der Waals surface area contributed by atoms with Crippen LogP contribution in [0.15, 0.2) is 18.2 Å². The van der Waals surface area contributed by atoms with Crippen LogP contribution < -0.4 is 5.32 Å². The molecule has 1 aliphatic carbocycles. The van der Waals surface area contributed by atoms with Gasteiger partial charge in [0.25, 0.3) is 5.91 Å². The zero-order chi connectivity index (χ0) is 15.0. The molecule has 1 heterocycles. The van der Waals surface area contributed by atoms with Crippen molar-refractivity contribution in [2.24, 2.45) is 0 Å². The van der Waals surface area contributed by atoms with Crippen molar-refractivity contribution in [2.75, 3.05) is 5.32 Å². The quantitative estimate of drug-likeness (QED) is 0.903. The fourth-order valence-corrected chi connectivity index (χ4v) is 3.86. The Hall–Kier alpha value is -1.90. The van der Waals surface area contributed by atoms with E-state index in [-0.39, 0.29) is 10.6 Å². The number of aryl methyl sites for hydroxylation is 1. The Labute approximate surface area is 130 Å². The molecule has 3 rings (SSSR count). The molecule has 0 fully saturated rings. The summed E-state index contributed by atoms with van der Waals surface area (Å²) >= 11 is 7.18. The predicted octanol–water partition coefficient (Wildman–Crippen LogP) is 4.15. The van der Waals surface area contributed by atoms with E-state index in [1.165, 1.54) is 23.5 Å². The van der Waals surface area contributed by atoms with Crippen molar-refractivity contribution in [3.63, 3.8) is 0 Å². The monoisotopic (exact) mass is 320 g/mol. The molecule has 3 nitrogen and oxygen atoms in total. The largest absolute Gasteiger partial charge is 0.312 e. The normalized spacial score (nSPS) is 12.8. The summed E-state index contributed by atoms with van der Waals surface area (Å²) in [6.45, 7) is 0. The van der Waals surface area contributed by atoms with Crippen LogP contribution in [0.2, 0.25) is 5.02 Å². The third kappa shape index (κ3) is 2.53. The molecule has 1 aliphatic rings. The summed E-state index contributed by atoms with van der Waals surface area (Å²) in [6.07, 6.45) is 2.82. The van der Waals surface area contributed by atoms with E-state index < -0.39 is 11.7 Å². The molecule has 0 spiro atoms. The van der Waals surface area contributed by atoms with Gasteiger partial charge in [-0.2, -0.15) is 5.26 Å². The van der Waals surface area contributed by atoms with Gasteiger partial charge in [0.05, 0.1) is 11.1 Å². The first kappa shape index (κ1) is 14.1. The molecule has 6 heteroatoms. The second-order valence-corrected chi connectivity index (χ2v) is 6.29. The molecular formula is C15H10ClFN2OS. The second kappa shape index (κ2) is 5.47. The Kier molecular flexibility index (Phi) is 3.66. The second-order valence-electron chi connectivity index (χ2n) is 4.75. The zero-order valence-corrected chi connectivity index (χ0v) is 12.4. The van der Waals surface area contributed by atoms with E-state index in [4.69, 9.17) is 11.6 Å². The average Bonchev–Trinajstić information content (AvgIpc) is 3.01. The smallest absolute Gasteiger partial charge is 0.259 e. The molecule has 0 aliphatic heterocycles. The van der Waals surface area contributed by atoms with Crippen molar-refractivity contribution in [3.8, 4) is 6.07 Å². The first-order valence-corrected chi connectivity index (χ1v) is 7.60. The van der Waals surface area contributed by atoms with Crippen LogP contribution in [0, 0.1) is 17.1 Å². The molecule has 1 aromatic heterocycles. The summed E-state index contributed by atoms with van der Waals surface area (Å²) < 4.78 is 13.7. The number of amides is 1. The van der Waals surface area contributed by atoms with E-state index in [0.29, 0.717) is 10.6 Å². The number of benzene rings is 1. The van der Waals surface area contributed by atoms with Crippen molar-refractivity contribution in [1.29, 1.82) is 5.26 Å². The average molecular weight is 321 g/mol. The summed E-state index contributed by atoms with van der Waals surface area (Å²) in [6, 6.07) is 5.94. The van der Waals surface area contributed by atoms with E-state index in [1.807, 2.05) is 0 Å². The van der Waals surface area contributed by atoms with Crippen LogP contribution in [0.4, 0.5) is 9.39 Å². The van der Waals surface area contributed by atoms with Crippen LogP contribution in [0.1, 0.15) is 32.8 Å². The standard InChI is InChI=1S/C15H10ClFN2OS/c16-8-4-5-12(17)10(6-8)14(20)19-15-11(7-18)9-2-1-3-13(9)21-15/h4-6H,1-3H2,(H,19,20). The van der Waals surface area contributed by atoms with E-state index in [9.17, 15) is 14.4 Å². The van der Waals surface area contributed by atoms with Gasteiger partial charge in [-0.25, -0.2) is 4.39 Å². The lowest BCUT2D eigenvalue weighted by Gasteiger charge is -2.05. The number of hydrogen-bond donors (Lipinski definition) is 1. The predicted molar refractivity (Wildman–Crippen MR) is 80.4 cm³/mol. The molecule has 21 heavy (non-hydrogen) atoms. The number of halogens is 2. The van der Waals surface area contributed by atoms with E-state index in [1.54, 1.807) is 0 Å². The molecule has 0 unspecified atom stereocenters. The highest BCUT2D eigenvalue weighted by molar-refractivity contribution is 7.16. The number of rotatable bonds is 2. The van der Waals surface area contributed by atoms with Crippen molar-refractivity contribution in [2.45, 2.75) is 19.3 Å². The molecule has 0 saturated heterocycles. The summed E-state index contributed by atoms with van der Waals surface area (Å²) in [7, 11) is 0. The summed E-state index contributed by atoms with van der Waals surface area (Å²) in [5.74, 6) is -1.23. The summed E-state index contributed by atoms with van der Waals surface area (Å²) in [5.41, 5.74) is 1.40. The fraction of sp³-hybridized carbons (Fsp3) is 0.200. The first-order chi connectivity index (χ1) is 10.1. The highest BCUT2D eigenvalue weighted by atomic mass is 35.5. The Morgan fingerprint density at radius 1 is 1.43 bits per heavy atom. The Balaban J connectivity index is 1.92. The van der Waals surface area contributed by atoms with Crippen LogP contribution in [0.5, 0.6) is 0 Å². The maximum absolute atomic E-state index is 13.7. The number of fused-ring (bicyclic) bond motifs is 1. The lowest BCUT2D eigenvalue weighted by atomic mass is 10.1. The van der Waals surface area contributed by atoms with Gasteiger partial charge in [0.15, 0.2) is 0 Å². The number of carbonyl (C=O) groups excluding carboxylic acids is 1. The molecule has 0 radical (unpaired) electrons. The molecule has 0 bridgehead atoms. The van der Waals surface area contributed by atoms with Gasteiger partial charge < -0.3 is 5.32 Å². The Morgan fingerprint density at radius 3 is 3.00 bits per heavy atom. The number of nitrogens with zero attached hydrogens (tertiary/aromatic N) is 1. The molecule has 0 saturated carbocycles. The molecule has 1 aromatic carbocycles. The molecule has 1 amide bonds. The van der Waals surface area contributed by atoms with Gasteiger partial charge in [0, 0.05) is 9.90 Å². The Bertz CT molecular complexity index is 779. The molecule has 2 aromatic rings. The van der Waals surface area contributed by atoms with Gasteiger partial charge in [0.1, 0.15) is 16.9 Å². The lowest BCUT2D eigenvalue weighted by molar-refractivity contribution is 0.102. The van der Waals surface area contributed by atoms with Gasteiger partial charge in [-0.1, -0.05) is 11.6 Å². The number of hydrogen-bond acceptors (Lipinski definition) is 3. The SMILES string of the molecule is N#Cc1c(NC(=O)c2cc(Cl)ccc2F)sc2c1CCC2. The molecular weight excluding hydrogens is 311 g/mol. The van der Waals surface area contributed by atoms with E-state index in [0.717, 1.165) is 35.8 Å². The van der Waals surface area contributed by atoms with E-state index in [2.05, 4.69) is 11.4 Å². The van der Waals surface area contributed by atoms with Crippen LogP contribution in [-0.4, -0.2) is 5.91 Å². The van der Waals surface area contributed by atoms with Crippen LogP contribution in [-0.2, 0) is 12.8 Å². The molecule has 0 atom stereocenters. The lowest BCUT2D eigenvalue weighted by Crippen LogP contribution is -2.13. The van der Waals surface area contributed by atoms with Gasteiger partial charge >= 0.3 is 0 Å².